The SMILES string of the molecule is Cc1c(C=Nc2cccc(O)c2)c(O)n(CCCN2CCCC2=O)c(=O)c1C#N. The van der Waals surface area contributed by atoms with Crippen LogP contribution in [0.4, 0.5) is 5.69 Å². The second kappa shape index (κ2) is 8.61. The number of aliphatic imine (C=N–C) groups is 1. The summed E-state index contributed by atoms with van der Waals surface area (Å²) < 4.78 is 1.15. The summed E-state index contributed by atoms with van der Waals surface area (Å²) in [6, 6.07) is 8.19. The van der Waals surface area contributed by atoms with E-state index in [1.54, 1.807) is 24.0 Å². The number of nitriles is 1. The number of phenols is 1. The number of benzene rings is 1. The summed E-state index contributed by atoms with van der Waals surface area (Å²) in [6.07, 6.45) is 3.24. The Morgan fingerprint density at radius 1 is 1.28 bits per heavy atom. The van der Waals surface area contributed by atoms with Crippen molar-refractivity contribution in [2.45, 2.75) is 32.7 Å². The molecule has 1 aliphatic rings. The van der Waals surface area contributed by atoms with Gasteiger partial charge in [-0.25, -0.2) is 0 Å². The number of pyridine rings is 1. The Bertz CT molecular complexity index is 1070. The highest BCUT2D eigenvalue weighted by Gasteiger charge is 2.21. The third-order valence-corrected chi connectivity index (χ3v) is 5.00. The molecule has 2 heterocycles. The summed E-state index contributed by atoms with van der Waals surface area (Å²) in [5, 5.41) is 29.6. The van der Waals surface area contributed by atoms with Gasteiger partial charge < -0.3 is 15.1 Å². The second-order valence-corrected chi connectivity index (χ2v) is 6.92. The molecule has 29 heavy (non-hydrogen) atoms. The molecule has 3 rings (SSSR count). The van der Waals surface area contributed by atoms with E-state index in [1.165, 1.54) is 18.3 Å². The van der Waals surface area contributed by atoms with Gasteiger partial charge in [-0.15, -0.1) is 0 Å². The van der Waals surface area contributed by atoms with Crippen molar-refractivity contribution < 1.29 is 15.0 Å². The van der Waals surface area contributed by atoms with Gasteiger partial charge in [0.05, 0.1) is 11.3 Å². The molecule has 1 fully saturated rings. The number of likely N-dealkylation sites (tertiary alicyclic amines) is 1. The van der Waals surface area contributed by atoms with Crippen LogP contribution in [0.15, 0.2) is 34.1 Å². The van der Waals surface area contributed by atoms with Crippen molar-refractivity contribution >= 4 is 17.8 Å². The van der Waals surface area contributed by atoms with Crippen molar-refractivity contribution in [3.8, 4) is 17.7 Å². The molecule has 0 saturated carbocycles. The first-order chi connectivity index (χ1) is 13.9. The van der Waals surface area contributed by atoms with Gasteiger partial charge in [-0.2, -0.15) is 5.26 Å². The van der Waals surface area contributed by atoms with Gasteiger partial charge in [-0.3, -0.25) is 19.1 Å². The van der Waals surface area contributed by atoms with Crippen molar-refractivity contribution in [2.24, 2.45) is 4.99 Å². The first kappa shape index (κ1) is 20.1. The lowest BCUT2D eigenvalue weighted by Gasteiger charge is -2.17. The number of hydrogen-bond donors (Lipinski definition) is 2. The van der Waals surface area contributed by atoms with Crippen molar-refractivity contribution in [2.75, 3.05) is 13.1 Å². The summed E-state index contributed by atoms with van der Waals surface area (Å²) in [5.74, 6) is -0.120. The summed E-state index contributed by atoms with van der Waals surface area (Å²) in [6.45, 7) is 2.96. The molecular formula is C21H22N4O4. The van der Waals surface area contributed by atoms with Gasteiger partial charge in [0.25, 0.3) is 5.56 Å². The van der Waals surface area contributed by atoms with Crippen LogP contribution in [0.1, 0.15) is 36.0 Å². The zero-order valence-electron chi connectivity index (χ0n) is 16.1. The molecule has 0 radical (unpaired) electrons. The Labute approximate surface area is 168 Å². The number of aromatic nitrogens is 1. The molecule has 1 amide bonds. The number of carbonyl (C=O) groups is 1. The van der Waals surface area contributed by atoms with E-state index >= 15 is 0 Å². The minimum Gasteiger partial charge on any atom is -0.508 e. The Morgan fingerprint density at radius 3 is 2.72 bits per heavy atom. The maximum absolute atomic E-state index is 12.6. The van der Waals surface area contributed by atoms with Crippen molar-refractivity contribution in [1.29, 1.82) is 5.26 Å². The molecule has 1 saturated heterocycles. The molecule has 1 aromatic carbocycles. The third-order valence-electron chi connectivity index (χ3n) is 5.00. The van der Waals surface area contributed by atoms with Crippen molar-refractivity contribution in [3.63, 3.8) is 0 Å². The first-order valence-corrected chi connectivity index (χ1v) is 9.39. The molecule has 2 aromatic rings. The van der Waals surface area contributed by atoms with Crippen LogP contribution < -0.4 is 5.56 Å². The number of carbonyl (C=O) groups excluding carboxylic acids is 1. The number of hydrogen-bond acceptors (Lipinski definition) is 6. The Kier molecular flexibility index (Phi) is 5.98. The maximum Gasteiger partial charge on any atom is 0.271 e. The van der Waals surface area contributed by atoms with Crippen molar-refractivity contribution in [1.82, 2.24) is 9.47 Å². The minimum atomic E-state index is -0.565. The number of nitrogens with zero attached hydrogens (tertiary/aromatic N) is 4. The Hall–Kier alpha value is -3.60. The fourth-order valence-electron chi connectivity index (χ4n) is 3.41. The van der Waals surface area contributed by atoms with Crippen LogP contribution >= 0.6 is 0 Å². The predicted octanol–water partition coefficient (Wildman–Crippen LogP) is 2.20. The monoisotopic (exact) mass is 394 g/mol. The normalized spacial score (nSPS) is 13.9. The van der Waals surface area contributed by atoms with E-state index in [0.717, 1.165) is 11.0 Å². The summed E-state index contributed by atoms with van der Waals surface area (Å²) in [7, 11) is 0. The van der Waals surface area contributed by atoms with Crippen LogP contribution in [0.3, 0.4) is 0 Å². The van der Waals surface area contributed by atoms with Gasteiger partial charge >= 0.3 is 0 Å². The zero-order valence-corrected chi connectivity index (χ0v) is 16.1. The molecule has 8 heteroatoms. The molecule has 1 aromatic heterocycles. The number of phenolic OH excluding ortho intramolecular Hbond substituents is 1. The van der Waals surface area contributed by atoms with Gasteiger partial charge in [0.1, 0.15) is 17.4 Å². The lowest BCUT2D eigenvalue weighted by molar-refractivity contribution is -0.127. The standard InChI is InChI=1S/C21H22N4O4/c1-14-17(12-22)20(28)25(10-4-9-24-8-3-7-19(24)27)21(29)18(14)13-23-15-5-2-6-16(26)11-15/h2,5-6,11,13,26,29H,3-4,7-10H2,1H3. The second-order valence-electron chi connectivity index (χ2n) is 6.92. The van der Waals surface area contributed by atoms with Crippen LogP contribution in [0.5, 0.6) is 11.6 Å². The molecule has 1 aliphatic heterocycles. The van der Waals surface area contributed by atoms with Crippen LogP contribution in [0.2, 0.25) is 0 Å². The zero-order chi connectivity index (χ0) is 21.0. The lowest BCUT2D eigenvalue weighted by Crippen LogP contribution is -2.29. The van der Waals surface area contributed by atoms with E-state index in [4.69, 9.17) is 0 Å². The van der Waals surface area contributed by atoms with Crippen LogP contribution in [-0.2, 0) is 11.3 Å². The largest absolute Gasteiger partial charge is 0.508 e. The molecule has 0 bridgehead atoms. The van der Waals surface area contributed by atoms with E-state index in [1.807, 2.05) is 6.07 Å². The molecule has 2 N–H and O–H groups in total. The van der Waals surface area contributed by atoms with Crippen LogP contribution in [0, 0.1) is 18.3 Å². The molecule has 0 spiro atoms. The Balaban J connectivity index is 1.90. The maximum atomic E-state index is 12.6. The van der Waals surface area contributed by atoms with Gasteiger partial charge in [0, 0.05) is 38.3 Å². The number of amides is 1. The topological polar surface area (TPSA) is 119 Å². The fraction of sp³-hybridized carbons (Fsp3) is 0.333. The summed E-state index contributed by atoms with van der Waals surface area (Å²) in [5.41, 5.74) is 0.446. The highest BCUT2D eigenvalue weighted by Crippen LogP contribution is 2.23. The van der Waals surface area contributed by atoms with Crippen molar-refractivity contribution in [3.05, 3.63) is 51.3 Å². The highest BCUT2D eigenvalue weighted by atomic mass is 16.3. The molecule has 0 unspecified atom stereocenters. The Morgan fingerprint density at radius 2 is 2.07 bits per heavy atom. The fourth-order valence-corrected chi connectivity index (χ4v) is 3.41. The van der Waals surface area contributed by atoms with E-state index in [2.05, 4.69) is 4.99 Å². The van der Waals surface area contributed by atoms with E-state index in [-0.39, 0.29) is 35.2 Å². The van der Waals surface area contributed by atoms with Gasteiger partial charge in [-0.1, -0.05) is 6.07 Å². The number of rotatable bonds is 6. The average Bonchev–Trinajstić information content (AvgIpc) is 3.09. The lowest BCUT2D eigenvalue weighted by atomic mass is 10.1. The molecule has 0 aliphatic carbocycles. The van der Waals surface area contributed by atoms with Crippen LogP contribution in [0.25, 0.3) is 0 Å². The third kappa shape index (κ3) is 4.29. The van der Waals surface area contributed by atoms with Gasteiger partial charge in [0.15, 0.2) is 0 Å². The summed E-state index contributed by atoms with van der Waals surface area (Å²) >= 11 is 0. The summed E-state index contributed by atoms with van der Waals surface area (Å²) in [4.78, 5) is 30.3. The highest BCUT2D eigenvalue weighted by molar-refractivity contribution is 5.87. The van der Waals surface area contributed by atoms with E-state index < -0.39 is 5.56 Å². The van der Waals surface area contributed by atoms with Crippen LogP contribution in [-0.4, -0.2) is 44.9 Å². The van der Waals surface area contributed by atoms with Gasteiger partial charge in [-0.05, 0) is 37.5 Å². The minimum absolute atomic E-state index is 0.0553. The predicted molar refractivity (Wildman–Crippen MR) is 108 cm³/mol. The quantitative estimate of drug-likeness (QED) is 0.728. The first-order valence-electron chi connectivity index (χ1n) is 9.39. The smallest absolute Gasteiger partial charge is 0.271 e. The van der Waals surface area contributed by atoms with E-state index in [0.29, 0.717) is 37.2 Å². The average molecular weight is 394 g/mol. The molecule has 150 valence electrons. The van der Waals surface area contributed by atoms with Gasteiger partial charge in [0.2, 0.25) is 11.8 Å². The molecule has 8 nitrogen and oxygen atoms in total. The van der Waals surface area contributed by atoms with E-state index in [9.17, 15) is 25.1 Å². The molecule has 0 atom stereocenters. The number of aromatic hydroxyl groups is 2. The molecular weight excluding hydrogens is 372 g/mol.